The zero-order valence-electron chi connectivity index (χ0n) is 24.5. The van der Waals surface area contributed by atoms with Crippen LogP contribution in [0.1, 0.15) is 28.9 Å². The van der Waals surface area contributed by atoms with Gasteiger partial charge in [0.2, 0.25) is 0 Å². The summed E-state index contributed by atoms with van der Waals surface area (Å²) in [5.41, 5.74) is 5.05. The molecule has 0 aliphatic carbocycles. The molecule has 0 amide bonds. The summed E-state index contributed by atoms with van der Waals surface area (Å²) in [5.74, 6) is 0. The number of sulfone groups is 2. The summed E-state index contributed by atoms with van der Waals surface area (Å²) in [6.45, 7) is 1.62. The number of nitrogens with zero attached hydrogens (tertiary/aromatic N) is 4. The third kappa shape index (κ3) is 6.78. The van der Waals surface area contributed by atoms with Gasteiger partial charge in [-0.3, -0.25) is 14.8 Å². The van der Waals surface area contributed by atoms with Gasteiger partial charge in [0.1, 0.15) is 0 Å². The van der Waals surface area contributed by atoms with E-state index in [4.69, 9.17) is 0 Å². The second-order valence-electron chi connectivity index (χ2n) is 10.3. The van der Waals surface area contributed by atoms with E-state index in [0.29, 0.717) is 62.0 Å². The van der Waals surface area contributed by atoms with Crippen LogP contribution in [0.25, 0.3) is 44.6 Å². The minimum absolute atomic E-state index is 0.147. The third-order valence-corrected chi connectivity index (χ3v) is 9.20. The summed E-state index contributed by atoms with van der Waals surface area (Å²) < 4.78 is 48.1. The highest BCUT2D eigenvalue weighted by molar-refractivity contribution is 7.91. The number of aldehydes is 1. The highest BCUT2D eigenvalue weighted by Crippen LogP contribution is 2.33. The minimum atomic E-state index is -3.43. The lowest BCUT2D eigenvalue weighted by Gasteiger charge is -2.15. The van der Waals surface area contributed by atoms with Crippen molar-refractivity contribution < 1.29 is 26.7 Å². The van der Waals surface area contributed by atoms with Gasteiger partial charge >= 0.3 is 0 Å². The summed E-state index contributed by atoms with van der Waals surface area (Å²) in [5, 5.41) is 10.1. The fourth-order valence-electron chi connectivity index (χ4n) is 4.84. The number of hydrogen-bond donors (Lipinski definition) is 1. The fraction of sp³-hybridized carbons (Fsp3) is 0.121. The van der Waals surface area contributed by atoms with Gasteiger partial charge in [-0.25, -0.2) is 26.8 Å². The average molecular weight is 641 g/mol. The van der Waals surface area contributed by atoms with E-state index in [9.17, 15) is 26.7 Å². The summed E-state index contributed by atoms with van der Waals surface area (Å²) in [7, 11) is -6.85. The lowest BCUT2D eigenvalue weighted by molar-refractivity contribution is 0.112. The van der Waals surface area contributed by atoms with E-state index in [1.807, 2.05) is 0 Å². The highest BCUT2D eigenvalue weighted by atomic mass is 32.2. The zero-order valence-corrected chi connectivity index (χ0v) is 26.1. The van der Waals surface area contributed by atoms with Crippen LogP contribution in [0.2, 0.25) is 0 Å². The molecule has 1 unspecified atom stereocenters. The Kier molecular flexibility index (Phi) is 8.82. The van der Waals surface area contributed by atoms with Crippen LogP contribution in [-0.2, 0) is 19.7 Å². The predicted octanol–water partition coefficient (Wildman–Crippen LogP) is 5.27. The largest absolute Gasteiger partial charge is 0.389 e. The topological polar surface area (TPSA) is 157 Å². The van der Waals surface area contributed by atoms with Crippen LogP contribution in [0.3, 0.4) is 0 Å². The second kappa shape index (κ2) is 12.6. The predicted molar refractivity (Wildman–Crippen MR) is 172 cm³/mol. The van der Waals surface area contributed by atoms with E-state index >= 15 is 0 Å². The molecule has 0 spiro atoms. The molecule has 1 N–H and O–H groups in total. The number of carbonyl (C=O) groups is 1. The normalized spacial score (nSPS) is 12.4. The van der Waals surface area contributed by atoms with E-state index in [0.717, 1.165) is 12.5 Å². The average Bonchev–Trinajstić information content (AvgIpc) is 3.03. The SMILES string of the molecule is CC(O)c1cc2ncccc2nc1-c1ccccc1S(C)(=O)=O.CS(=O)(=O)c1ccccc1-c1nc2cccnc2cc1C=O. The molecule has 1 atom stereocenters. The van der Waals surface area contributed by atoms with Gasteiger partial charge in [0.25, 0.3) is 0 Å². The van der Waals surface area contributed by atoms with Crippen molar-refractivity contribution >= 4 is 48.0 Å². The Bertz CT molecular complexity index is 2290. The monoisotopic (exact) mass is 640 g/mol. The quantitative estimate of drug-likeness (QED) is 0.238. The molecule has 2 aromatic carbocycles. The first-order chi connectivity index (χ1) is 21.4. The van der Waals surface area contributed by atoms with Crippen molar-refractivity contribution in [3.8, 4) is 22.5 Å². The van der Waals surface area contributed by atoms with Gasteiger partial charge in [-0.2, -0.15) is 0 Å². The number of rotatable bonds is 6. The minimum Gasteiger partial charge on any atom is -0.389 e. The van der Waals surface area contributed by atoms with Gasteiger partial charge in [0, 0.05) is 47.2 Å². The molecule has 4 aromatic heterocycles. The van der Waals surface area contributed by atoms with Gasteiger partial charge in [0.05, 0.1) is 49.3 Å². The molecule has 45 heavy (non-hydrogen) atoms. The Morgan fingerprint density at radius 2 is 1.11 bits per heavy atom. The number of aliphatic hydroxyl groups is 1. The molecule has 12 heteroatoms. The molecule has 4 heterocycles. The number of fused-ring (bicyclic) bond motifs is 2. The van der Waals surface area contributed by atoms with E-state index < -0.39 is 25.8 Å². The molecular weight excluding hydrogens is 613 g/mol. The molecule has 0 aliphatic heterocycles. The molecule has 0 aliphatic rings. The molecule has 0 fully saturated rings. The van der Waals surface area contributed by atoms with Crippen molar-refractivity contribution in [2.75, 3.05) is 12.5 Å². The maximum Gasteiger partial charge on any atom is 0.176 e. The Hall–Kier alpha value is -4.91. The number of aromatic nitrogens is 4. The van der Waals surface area contributed by atoms with Crippen molar-refractivity contribution in [1.29, 1.82) is 0 Å². The number of hydrogen-bond acceptors (Lipinski definition) is 10. The number of aliphatic hydroxyl groups excluding tert-OH is 1. The Labute approximate surface area is 260 Å². The van der Waals surface area contributed by atoms with E-state index in [1.165, 1.54) is 6.07 Å². The molecule has 0 bridgehead atoms. The molecule has 0 saturated heterocycles. The Morgan fingerprint density at radius 3 is 1.60 bits per heavy atom. The number of benzene rings is 2. The maximum absolute atomic E-state index is 12.1. The van der Waals surface area contributed by atoms with Crippen LogP contribution >= 0.6 is 0 Å². The highest BCUT2D eigenvalue weighted by Gasteiger charge is 2.21. The van der Waals surface area contributed by atoms with Crippen LogP contribution in [0.5, 0.6) is 0 Å². The van der Waals surface area contributed by atoms with Crippen LogP contribution < -0.4 is 0 Å². The van der Waals surface area contributed by atoms with Gasteiger partial charge in [0.15, 0.2) is 26.0 Å². The molecule has 0 saturated carbocycles. The molecule has 0 radical (unpaired) electrons. The van der Waals surface area contributed by atoms with Crippen molar-refractivity contribution in [2.45, 2.75) is 22.8 Å². The Morgan fingerprint density at radius 1 is 0.644 bits per heavy atom. The van der Waals surface area contributed by atoms with Crippen molar-refractivity contribution in [3.05, 3.63) is 108 Å². The third-order valence-electron chi connectivity index (χ3n) is 6.89. The first-order valence-corrected chi connectivity index (χ1v) is 17.4. The maximum atomic E-state index is 12.1. The smallest absolute Gasteiger partial charge is 0.176 e. The van der Waals surface area contributed by atoms with Crippen molar-refractivity contribution in [2.24, 2.45) is 0 Å². The van der Waals surface area contributed by atoms with Gasteiger partial charge in [-0.05, 0) is 55.5 Å². The molecule has 6 aromatic rings. The summed E-state index contributed by atoms with van der Waals surface area (Å²) >= 11 is 0. The lowest BCUT2D eigenvalue weighted by atomic mass is 10.0. The van der Waals surface area contributed by atoms with E-state index in [2.05, 4.69) is 19.9 Å². The van der Waals surface area contributed by atoms with Crippen LogP contribution in [0.4, 0.5) is 0 Å². The molecule has 6 rings (SSSR count). The van der Waals surface area contributed by atoms with E-state index in [1.54, 1.807) is 98.2 Å². The molecule has 10 nitrogen and oxygen atoms in total. The van der Waals surface area contributed by atoms with Crippen LogP contribution in [-0.4, -0.2) is 60.7 Å². The summed E-state index contributed by atoms with van der Waals surface area (Å²) in [6, 6.07) is 23.6. The van der Waals surface area contributed by atoms with Gasteiger partial charge < -0.3 is 5.11 Å². The summed E-state index contributed by atoms with van der Waals surface area (Å²) in [6.07, 6.45) is 5.43. The second-order valence-corrected chi connectivity index (χ2v) is 14.2. The van der Waals surface area contributed by atoms with Gasteiger partial charge in [-0.1, -0.05) is 36.4 Å². The lowest BCUT2D eigenvalue weighted by Crippen LogP contribution is -2.04. The zero-order chi connectivity index (χ0) is 32.4. The first kappa shape index (κ1) is 31.5. The summed E-state index contributed by atoms with van der Waals surface area (Å²) in [4.78, 5) is 29.1. The van der Waals surface area contributed by atoms with Crippen molar-refractivity contribution in [3.63, 3.8) is 0 Å². The van der Waals surface area contributed by atoms with E-state index in [-0.39, 0.29) is 9.79 Å². The van der Waals surface area contributed by atoms with Crippen LogP contribution in [0, 0.1) is 0 Å². The molecular formula is C33H28N4O6S2. The van der Waals surface area contributed by atoms with Gasteiger partial charge in [-0.15, -0.1) is 0 Å². The molecule has 228 valence electrons. The van der Waals surface area contributed by atoms with Crippen molar-refractivity contribution in [1.82, 2.24) is 19.9 Å². The first-order valence-electron chi connectivity index (χ1n) is 13.6. The Balaban J connectivity index is 0.000000178. The number of pyridine rings is 4. The number of carbonyl (C=O) groups excluding carboxylic acids is 1. The standard InChI is InChI=1S/C17H16N2O3S.C16H12N2O3S/c1-11(20)13-10-15-14(7-5-9-18-15)19-17(13)12-6-3-4-8-16(12)23(2,21)22;1-22(20,21)15-7-3-2-5-12(15)16-11(10-19)9-14-13(18-16)6-4-8-17-14/h3-11,20H,1-2H3;2-10H,1H3. The fourth-order valence-corrected chi connectivity index (χ4v) is 6.62. The van der Waals surface area contributed by atoms with Crippen LogP contribution in [0.15, 0.2) is 107 Å².